The van der Waals surface area contributed by atoms with Gasteiger partial charge < -0.3 is 10.6 Å². The van der Waals surface area contributed by atoms with Crippen molar-refractivity contribution in [2.75, 3.05) is 11.9 Å². The molecule has 1 rings (SSSR count). The van der Waals surface area contributed by atoms with Gasteiger partial charge in [-0.3, -0.25) is 5.41 Å². The molecule has 0 radical (unpaired) electrons. The maximum absolute atomic E-state index is 7.68. The van der Waals surface area contributed by atoms with Crippen LogP contribution in [0.1, 0.15) is 37.8 Å². The molecule has 1 heterocycles. The lowest BCUT2D eigenvalue weighted by Crippen LogP contribution is -2.33. The Kier molecular flexibility index (Phi) is 4.49. The molecule has 4 heteroatoms. The Morgan fingerprint density at radius 3 is 2.53 bits per heavy atom. The summed E-state index contributed by atoms with van der Waals surface area (Å²) in [7, 11) is 2.02. The number of amidine groups is 1. The first-order chi connectivity index (χ1) is 8.02. The Morgan fingerprint density at radius 1 is 1.47 bits per heavy atom. The number of hydrogen-bond acceptors (Lipinski definition) is 3. The largest absolute Gasteiger partial charge is 0.384 e. The first-order valence-electron chi connectivity index (χ1n) is 6.05. The van der Waals surface area contributed by atoms with Gasteiger partial charge in [-0.2, -0.15) is 0 Å². The number of hydrogen-bond donors (Lipinski definition) is 2. The summed E-state index contributed by atoms with van der Waals surface area (Å²) in [6.07, 6.45) is 3.88. The molecule has 0 aliphatic carbocycles. The summed E-state index contributed by atoms with van der Waals surface area (Å²) < 4.78 is 0. The van der Waals surface area contributed by atoms with Gasteiger partial charge in [0, 0.05) is 19.3 Å². The predicted molar refractivity (Wildman–Crippen MR) is 72.8 cm³/mol. The number of aryl methyl sites for hydroxylation is 1. The van der Waals surface area contributed by atoms with Gasteiger partial charge in [0.15, 0.2) is 0 Å². The Labute approximate surface area is 103 Å². The maximum Gasteiger partial charge on any atom is 0.139 e. The van der Waals surface area contributed by atoms with E-state index >= 15 is 0 Å². The molecule has 17 heavy (non-hydrogen) atoms. The molecule has 1 aromatic heterocycles. The van der Waals surface area contributed by atoms with E-state index in [4.69, 9.17) is 11.1 Å². The number of aromatic nitrogens is 1. The van der Waals surface area contributed by atoms with Gasteiger partial charge in [0.2, 0.25) is 0 Å². The first-order valence-corrected chi connectivity index (χ1v) is 6.05. The van der Waals surface area contributed by atoms with Crippen LogP contribution < -0.4 is 10.6 Å². The van der Waals surface area contributed by atoms with Gasteiger partial charge in [0.1, 0.15) is 11.7 Å². The van der Waals surface area contributed by atoms with Crippen LogP contribution in [0.3, 0.4) is 0 Å². The van der Waals surface area contributed by atoms with E-state index in [1.54, 1.807) is 6.20 Å². The Morgan fingerprint density at radius 2 is 2.06 bits per heavy atom. The maximum atomic E-state index is 7.68. The van der Waals surface area contributed by atoms with Crippen LogP contribution in [-0.4, -0.2) is 23.9 Å². The Balaban J connectivity index is 3.21. The molecule has 94 valence electrons. The highest BCUT2D eigenvalue weighted by Crippen LogP contribution is 2.22. The van der Waals surface area contributed by atoms with Gasteiger partial charge >= 0.3 is 0 Å². The average Bonchev–Trinajstić information content (AvgIpc) is 2.29. The molecule has 0 aromatic carbocycles. The molecule has 1 aromatic rings. The molecule has 4 nitrogen and oxygen atoms in total. The van der Waals surface area contributed by atoms with E-state index in [1.807, 2.05) is 20.0 Å². The molecule has 0 aliphatic rings. The van der Waals surface area contributed by atoms with Crippen LogP contribution in [0.25, 0.3) is 0 Å². The van der Waals surface area contributed by atoms with E-state index in [-0.39, 0.29) is 5.84 Å². The molecule has 0 aliphatic heterocycles. The van der Waals surface area contributed by atoms with Crippen LogP contribution in [0.15, 0.2) is 12.3 Å². The van der Waals surface area contributed by atoms with Crippen LogP contribution in [0, 0.1) is 12.3 Å². The Bertz CT molecular complexity index is 396. The third-order valence-electron chi connectivity index (χ3n) is 3.23. The number of rotatable bonds is 5. The summed E-state index contributed by atoms with van der Waals surface area (Å²) in [5.74, 6) is 0.898. The van der Waals surface area contributed by atoms with E-state index in [0.29, 0.717) is 6.04 Å². The standard InChI is InChI=1S/C13H22N4/c1-5-10(6-2)17(4)13-11(12(14)15)9(3)7-8-16-13/h7-8,10H,5-6H2,1-4H3,(H3,14,15). The zero-order valence-corrected chi connectivity index (χ0v) is 11.1. The highest BCUT2D eigenvalue weighted by Gasteiger charge is 2.18. The summed E-state index contributed by atoms with van der Waals surface area (Å²) in [5.41, 5.74) is 7.40. The van der Waals surface area contributed by atoms with E-state index in [2.05, 4.69) is 23.7 Å². The highest BCUT2D eigenvalue weighted by atomic mass is 15.2. The number of nitrogens with two attached hydrogens (primary N) is 1. The van der Waals surface area contributed by atoms with Crippen molar-refractivity contribution in [1.82, 2.24) is 4.98 Å². The van der Waals surface area contributed by atoms with Gasteiger partial charge in [-0.15, -0.1) is 0 Å². The zero-order valence-electron chi connectivity index (χ0n) is 11.1. The predicted octanol–water partition coefficient (Wildman–Crippen LogP) is 2.30. The van der Waals surface area contributed by atoms with Crippen molar-refractivity contribution >= 4 is 11.7 Å². The fourth-order valence-corrected chi connectivity index (χ4v) is 2.15. The van der Waals surface area contributed by atoms with Gasteiger partial charge in [-0.1, -0.05) is 13.8 Å². The minimum Gasteiger partial charge on any atom is -0.384 e. The number of nitrogens with one attached hydrogen (secondary N) is 1. The van der Waals surface area contributed by atoms with Crippen molar-refractivity contribution in [1.29, 1.82) is 5.41 Å². The fraction of sp³-hybridized carbons (Fsp3) is 0.538. The second-order valence-electron chi connectivity index (χ2n) is 4.32. The Hall–Kier alpha value is -1.58. The summed E-state index contributed by atoms with van der Waals surface area (Å²) in [4.78, 5) is 6.51. The van der Waals surface area contributed by atoms with Crippen LogP contribution in [-0.2, 0) is 0 Å². The fourth-order valence-electron chi connectivity index (χ4n) is 2.15. The molecule has 0 amide bonds. The van der Waals surface area contributed by atoms with E-state index in [9.17, 15) is 0 Å². The molecule has 0 spiro atoms. The lowest BCUT2D eigenvalue weighted by Gasteiger charge is -2.29. The smallest absolute Gasteiger partial charge is 0.139 e. The van der Waals surface area contributed by atoms with Crippen molar-refractivity contribution in [3.63, 3.8) is 0 Å². The van der Waals surface area contributed by atoms with Crippen molar-refractivity contribution in [3.05, 3.63) is 23.4 Å². The summed E-state index contributed by atoms with van der Waals surface area (Å²) in [5, 5.41) is 7.68. The van der Waals surface area contributed by atoms with Crippen molar-refractivity contribution < 1.29 is 0 Å². The van der Waals surface area contributed by atoms with Crippen LogP contribution in [0.4, 0.5) is 5.82 Å². The van der Waals surface area contributed by atoms with E-state index in [0.717, 1.165) is 29.8 Å². The topological polar surface area (TPSA) is 66.0 Å². The first kappa shape index (κ1) is 13.5. The molecule has 0 saturated carbocycles. The number of pyridine rings is 1. The lowest BCUT2D eigenvalue weighted by molar-refractivity contribution is 0.586. The van der Waals surface area contributed by atoms with Crippen LogP contribution in [0.5, 0.6) is 0 Å². The quantitative estimate of drug-likeness (QED) is 0.607. The third kappa shape index (κ3) is 2.75. The van der Waals surface area contributed by atoms with Crippen molar-refractivity contribution in [2.45, 2.75) is 39.7 Å². The summed E-state index contributed by atoms with van der Waals surface area (Å²) in [6.45, 7) is 6.28. The number of nitrogen functional groups attached to an aromatic ring is 1. The molecule has 0 saturated heterocycles. The van der Waals surface area contributed by atoms with Gasteiger partial charge in [0.25, 0.3) is 0 Å². The molecule has 3 N–H and O–H groups in total. The van der Waals surface area contributed by atoms with E-state index in [1.165, 1.54) is 0 Å². The summed E-state index contributed by atoms with van der Waals surface area (Å²) >= 11 is 0. The van der Waals surface area contributed by atoms with Crippen molar-refractivity contribution in [3.8, 4) is 0 Å². The molecule has 0 atom stereocenters. The van der Waals surface area contributed by atoms with Gasteiger partial charge in [-0.05, 0) is 31.4 Å². The number of anilines is 1. The number of nitrogens with zero attached hydrogens (tertiary/aromatic N) is 2. The molecular weight excluding hydrogens is 212 g/mol. The third-order valence-corrected chi connectivity index (χ3v) is 3.23. The monoisotopic (exact) mass is 234 g/mol. The molecular formula is C13H22N4. The van der Waals surface area contributed by atoms with Crippen LogP contribution in [0.2, 0.25) is 0 Å². The highest BCUT2D eigenvalue weighted by molar-refractivity contribution is 6.01. The molecule has 0 fully saturated rings. The van der Waals surface area contributed by atoms with Crippen LogP contribution >= 0.6 is 0 Å². The van der Waals surface area contributed by atoms with Gasteiger partial charge in [0.05, 0.1) is 5.56 Å². The zero-order chi connectivity index (χ0) is 13.0. The lowest BCUT2D eigenvalue weighted by atomic mass is 10.1. The molecule has 0 unspecified atom stereocenters. The normalized spacial score (nSPS) is 10.6. The van der Waals surface area contributed by atoms with Gasteiger partial charge in [-0.25, -0.2) is 4.98 Å². The summed E-state index contributed by atoms with van der Waals surface area (Å²) in [6, 6.07) is 2.32. The second kappa shape index (κ2) is 5.66. The molecule has 0 bridgehead atoms. The van der Waals surface area contributed by atoms with Crippen molar-refractivity contribution in [2.24, 2.45) is 5.73 Å². The van der Waals surface area contributed by atoms with E-state index < -0.39 is 0 Å². The average molecular weight is 234 g/mol. The minimum absolute atomic E-state index is 0.0865. The second-order valence-corrected chi connectivity index (χ2v) is 4.32. The minimum atomic E-state index is 0.0865. The SMILES string of the molecule is CCC(CC)N(C)c1nccc(C)c1C(=N)N.